The van der Waals surface area contributed by atoms with Crippen molar-refractivity contribution in [3.8, 4) is 0 Å². The molecule has 0 amide bonds. The first-order valence-electron chi connectivity index (χ1n) is 9.27. The Kier molecular flexibility index (Phi) is 5.47. The standard InChI is InChI=1S/C22H34O2/c1-8-15(2)9-11-18-16(3)10-12-19-21(5,6)20(24-17(4)23)13-14-22(18,19)7/h8-9,18-20H,1,3,10-14H2,2,4-7H3/b15-9+/t18-,19+,20-,22+/m1/s1. The molecule has 2 saturated carbocycles. The lowest BCUT2D eigenvalue weighted by atomic mass is 9.46. The van der Waals surface area contributed by atoms with Crippen molar-refractivity contribution in [2.75, 3.05) is 0 Å². The fourth-order valence-corrected chi connectivity index (χ4v) is 5.39. The fraction of sp³-hybridized carbons (Fsp3) is 0.682. The van der Waals surface area contributed by atoms with Crippen molar-refractivity contribution >= 4 is 5.97 Å². The van der Waals surface area contributed by atoms with Crippen LogP contribution in [0, 0.1) is 22.7 Å². The zero-order valence-corrected chi connectivity index (χ0v) is 16.2. The van der Waals surface area contributed by atoms with Crippen molar-refractivity contribution in [1.82, 2.24) is 0 Å². The smallest absolute Gasteiger partial charge is 0.302 e. The number of carbonyl (C=O) groups is 1. The maximum atomic E-state index is 11.5. The van der Waals surface area contributed by atoms with Gasteiger partial charge in [0.05, 0.1) is 0 Å². The van der Waals surface area contributed by atoms with Gasteiger partial charge in [0.15, 0.2) is 0 Å². The number of hydrogen-bond acceptors (Lipinski definition) is 2. The summed E-state index contributed by atoms with van der Waals surface area (Å²) in [6, 6.07) is 0. The van der Waals surface area contributed by atoms with Gasteiger partial charge in [-0.05, 0) is 56.3 Å². The van der Waals surface area contributed by atoms with Crippen molar-refractivity contribution in [1.29, 1.82) is 0 Å². The molecule has 2 heteroatoms. The summed E-state index contributed by atoms with van der Waals surface area (Å²) in [4.78, 5) is 11.5. The Balaban J connectivity index is 2.30. The summed E-state index contributed by atoms with van der Waals surface area (Å²) in [6.45, 7) is 18.9. The van der Waals surface area contributed by atoms with Crippen LogP contribution in [0.4, 0.5) is 0 Å². The van der Waals surface area contributed by atoms with Gasteiger partial charge >= 0.3 is 5.97 Å². The first kappa shape index (κ1) is 19.0. The third kappa shape index (κ3) is 3.38. The van der Waals surface area contributed by atoms with Crippen LogP contribution in [0.15, 0.2) is 36.5 Å². The predicted molar refractivity (Wildman–Crippen MR) is 101 cm³/mol. The van der Waals surface area contributed by atoms with Gasteiger partial charge in [-0.15, -0.1) is 0 Å². The molecule has 2 rings (SSSR count). The van der Waals surface area contributed by atoms with Crippen LogP contribution in [-0.4, -0.2) is 12.1 Å². The van der Waals surface area contributed by atoms with Gasteiger partial charge in [0.25, 0.3) is 0 Å². The van der Waals surface area contributed by atoms with Gasteiger partial charge < -0.3 is 4.74 Å². The summed E-state index contributed by atoms with van der Waals surface area (Å²) < 4.78 is 5.69. The monoisotopic (exact) mass is 330 g/mol. The van der Waals surface area contributed by atoms with E-state index < -0.39 is 0 Å². The van der Waals surface area contributed by atoms with E-state index in [4.69, 9.17) is 4.74 Å². The van der Waals surface area contributed by atoms with Gasteiger partial charge in [0.2, 0.25) is 0 Å². The molecule has 0 saturated heterocycles. The Morgan fingerprint density at radius 1 is 1.29 bits per heavy atom. The average Bonchev–Trinajstić information content (AvgIpc) is 2.49. The molecule has 0 aromatic heterocycles. The number of carbonyl (C=O) groups excluding carboxylic acids is 1. The van der Waals surface area contributed by atoms with Gasteiger partial charge in [-0.2, -0.15) is 0 Å². The maximum Gasteiger partial charge on any atom is 0.302 e. The molecule has 2 aliphatic carbocycles. The first-order valence-corrected chi connectivity index (χ1v) is 9.27. The maximum absolute atomic E-state index is 11.5. The lowest BCUT2D eigenvalue weighted by Gasteiger charge is -2.59. The molecule has 0 N–H and O–H groups in total. The van der Waals surface area contributed by atoms with E-state index in [9.17, 15) is 4.79 Å². The number of ether oxygens (including phenoxy) is 1. The summed E-state index contributed by atoms with van der Waals surface area (Å²) >= 11 is 0. The van der Waals surface area contributed by atoms with Gasteiger partial charge in [0, 0.05) is 12.3 Å². The molecule has 0 unspecified atom stereocenters. The Morgan fingerprint density at radius 2 is 1.96 bits per heavy atom. The Hall–Kier alpha value is -1.31. The molecular weight excluding hydrogens is 296 g/mol. The van der Waals surface area contributed by atoms with Crippen LogP contribution in [0.5, 0.6) is 0 Å². The highest BCUT2D eigenvalue weighted by Crippen LogP contribution is 2.62. The lowest BCUT2D eigenvalue weighted by Crippen LogP contribution is -2.55. The summed E-state index contributed by atoms with van der Waals surface area (Å²) in [6.07, 6.45) is 9.60. The van der Waals surface area contributed by atoms with Crippen molar-refractivity contribution in [3.63, 3.8) is 0 Å². The molecule has 0 spiro atoms. The van der Waals surface area contributed by atoms with Crippen molar-refractivity contribution in [2.24, 2.45) is 22.7 Å². The fourth-order valence-electron chi connectivity index (χ4n) is 5.39. The van der Waals surface area contributed by atoms with Crippen LogP contribution in [-0.2, 0) is 9.53 Å². The van der Waals surface area contributed by atoms with Crippen molar-refractivity contribution < 1.29 is 9.53 Å². The molecule has 0 aliphatic heterocycles. The molecule has 4 atom stereocenters. The Bertz CT molecular complexity index is 554. The normalized spacial score (nSPS) is 36.0. The number of rotatable bonds is 4. The van der Waals surface area contributed by atoms with E-state index in [0.717, 1.165) is 32.1 Å². The van der Waals surface area contributed by atoms with Gasteiger partial charge in [-0.3, -0.25) is 4.79 Å². The van der Waals surface area contributed by atoms with E-state index in [-0.39, 0.29) is 22.9 Å². The van der Waals surface area contributed by atoms with E-state index in [2.05, 4.69) is 46.9 Å². The second-order valence-electron chi connectivity index (χ2n) is 8.65. The summed E-state index contributed by atoms with van der Waals surface area (Å²) in [5.41, 5.74) is 2.87. The first-order chi connectivity index (χ1) is 11.1. The topological polar surface area (TPSA) is 26.3 Å². The highest BCUT2D eigenvalue weighted by atomic mass is 16.5. The molecule has 0 aromatic rings. The average molecular weight is 331 g/mol. The predicted octanol–water partition coefficient (Wildman–Crippen LogP) is 5.85. The van der Waals surface area contributed by atoms with Crippen LogP contribution in [0.2, 0.25) is 0 Å². The highest BCUT2D eigenvalue weighted by Gasteiger charge is 2.56. The van der Waals surface area contributed by atoms with E-state index in [1.165, 1.54) is 18.1 Å². The molecule has 2 aliphatic rings. The van der Waals surface area contributed by atoms with E-state index >= 15 is 0 Å². The number of esters is 1. The summed E-state index contributed by atoms with van der Waals surface area (Å²) in [7, 11) is 0. The number of fused-ring (bicyclic) bond motifs is 1. The SMILES string of the molecule is C=C/C(C)=C/C[C@@H]1C(=C)CC[C@H]2C(C)(C)[C@H](OC(C)=O)CC[C@@]12C. The molecule has 0 bridgehead atoms. The molecule has 0 heterocycles. The minimum absolute atomic E-state index is 0.00875. The van der Waals surface area contributed by atoms with Crippen LogP contribution >= 0.6 is 0 Å². The largest absolute Gasteiger partial charge is 0.462 e. The van der Waals surface area contributed by atoms with Crippen LogP contribution in [0.25, 0.3) is 0 Å². The molecular formula is C22H34O2. The van der Waals surface area contributed by atoms with E-state index in [1.54, 1.807) is 0 Å². The van der Waals surface area contributed by atoms with Gasteiger partial charge in [-0.1, -0.05) is 57.2 Å². The second-order valence-corrected chi connectivity index (χ2v) is 8.65. The van der Waals surface area contributed by atoms with Gasteiger partial charge in [0.1, 0.15) is 6.10 Å². The quantitative estimate of drug-likeness (QED) is 0.367. The minimum atomic E-state index is -0.155. The summed E-state index contributed by atoms with van der Waals surface area (Å²) in [5, 5.41) is 0. The zero-order chi connectivity index (χ0) is 18.1. The van der Waals surface area contributed by atoms with Crippen molar-refractivity contribution in [3.05, 3.63) is 36.5 Å². The Labute approximate surface area is 148 Å². The number of allylic oxidation sites excluding steroid dienone is 4. The van der Waals surface area contributed by atoms with Crippen LogP contribution < -0.4 is 0 Å². The molecule has 2 fully saturated rings. The third-order valence-corrected chi connectivity index (χ3v) is 6.82. The van der Waals surface area contributed by atoms with Crippen molar-refractivity contribution in [2.45, 2.75) is 72.8 Å². The number of hydrogen-bond donors (Lipinski definition) is 0. The minimum Gasteiger partial charge on any atom is -0.462 e. The third-order valence-electron chi connectivity index (χ3n) is 6.82. The highest BCUT2D eigenvalue weighted by molar-refractivity contribution is 5.66. The summed E-state index contributed by atoms with van der Waals surface area (Å²) in [5.74, 6) is 0.901. The molecule has 0 aromatic carbocycles. The lowest BCUT2D eigenvalue weighted by molar-refractivity contribution is -0.173. The van der Waals surface area contributed by atoms with E-state index in [1.807, 2.05) is 6.08 Å². The molecule has 24 heavy (non-hydrogen) atoms. The Morgan fingerprint density at radius 3 is 2.54 bits per heavy atom. The molecule has 2 nitrogen and oxygen atoms in total. The molecule has 134 valence electrons. The van der Waals surface area contributed by atoms with Gasteiger partial charge in [-0.25, -0.2) is 0 Å². The zero-order valence-electron chi connectivity index (χ0n) is 16.2. The van der Waals surface area contributed by atoms with Crippen LogP contribution in [0.1, 0.15) is 66.7 Å². The second kappa shape index (κ2) is 6.90. The van der Waals surface area contributed by atoms with Crippen LogP contribution in [0.3, 0.4) is 0 Å². The molecule has 0 radical (unpaired) electrons. The van der Waals surface area contributed by atoms with E-state index in [0.29, 0.717) is 11.8 Å².